The van der Waals surface area contributed by atoms with E-state index in [-0.39, 0.29) is 19.1 Å². The van der Waals surface area contributed by atoms with Crippen molar-refractivity contribution in [3.8, 4) is 5.75 Å². The number of nitrogens with zero attached hydrogens (tertiary/aromatic N) is 1. The van der Waals surface area contributed by atoms with Gasteiger partial charge in [-0.1, -0.05) is 12.1 Å². The smallest absolute Gasteiger partial charge is 0.317 e. The highest BCUT2D eigenvalue weighted by molar-refractivity contribution is 5.74. The van der Waals surface area contributed by atoms with Gasteiger partial charge in [0.05, 0.1) is 26.4 Å². The van der Waals surface area contributed by atoms with Crippen LogP contribution in [0.1, 0.15) is 12.0 Å². The molecular formula is C22H35N3O8. The van der Waals surface area contributed by atoms with Crippen LogP contribution in [0.2, 0.25) is 0 Å². The van der Waals surface area contributed by atoms with E-state index in [0.29, 0.717) is 58.1 Å². The van der Waals surface area contributed by atoms with Crippen LogP contribution in [0.5, 0.6) is 5.75 Å². The van der Waals surface area contributed by atoms with Gasteiger partial charge in [0.2, 0.25) is 0 Å². The van der Waals surface area contributed by atoms with Gasteiger partial charge in [0.15, 0.2) is 0 Å². The van der Waals surface area contributed by atoms with E-state index in [2.05, 4.69) is 10.6 Å². The molecule has 2 rings (SSSR count). The number of urea groups is 1. The fraction of sp³-hybridized carbons (Fsp3) is 0.636. The minimum Gasteiger partial charge on any atom is -0.491 e. The number of aliphatic hydroxyl groups excluding tert-OH is 3. The lowest BCUT2D eigenvalue weighted by atomic mass is 10.1. The second-order valence-corrected chi connectivity index (χ2v) is 7.62. The Morgan fingerprint density at radius 2 is 1.79 bits per heavy atom. The van der Waals surface area contributed by atoms with Crippen molar-refractivity contribution in [3.05, 3.63) is 29.8 Å². The summed E-state index contributed by atoms with van der Waals surface area (Å²) in [5.74, 6) is 0.110. The molecular weight excluding hydrogens is 434 g/mol. The van der Waals surface area contributed by atoms with E-state index in [4.69, 9.17) is 24.4 Å². The average molecular weight is 470 g/mol. The Balaban J connectivity index is 1.55. The molecule has 2 amide bonds. The molecule has 0 unspecified atom stereocenters. The van der Waals surface area contributed by atoms with E-state index < -0.39 is 31.4 Å². The van der Waals surface area contributed by atoms with E-state index in [1.807, 2.05) is 12.1 Å². The lowest BCUT2D eigenvalue weighted by molar-refractivity contribution is -0.153. The standard InChI is InChI=1S/C22H35N3O8/c26-14-20(15-27)33-21(29)6-3-17-1-4-19(5-2-17)32-16-18(28)13-23-7-8-24-22(30)25-9-11-31-12-10-25/h1-2,4-5,18,20,23,26-28H,3,6-16H2,(H,24,30)/t18-/m0/s1. The van der Waals surface area contributed by atoms with Gasteiger partial charge in [-0.2, -0.15) is 0 Å². The summed E-state index contributed by atoms with van der Waals surface area (Å²) in [6, 6.07) is 7.04. The van der Waals surface area contributed by atoms with Crippen molar-refractivity contribution in [2.75, 3.05) is 65.8 Å². The van der Waals surface area contributed by atoms with Gasteiger partial charge in [0, 0.05) is 39.1 Å². The second-order valence-electron chi connectivity index (χ2n) is 7.62. The first-order chi connectivity index (χ1) is 16.0. The van der Waals surface area contributed by atoms with Crippen LogP contribution >= 0.6 is 0 Å². The van der Waals surface area contributed by atoms with Gasteiger partial charge in [-0.25, -0.2) is 4.79 Å². The van der Waals surface area contributed by atoms with Crippen molar-refractivity contribution < 1.29 is 39.1 Å². The molecule has 33 heavy (non-hydrogen) atoms. The number of aryl methyl sites for hydroxylation is 1. The minimum atomic E-state index is -0.886. The summed E-state index contributed by atoms with van der Waals surface area (Å²) in [6.45, 7) is 2.91. The van der Waals surface area contributed by atoms with Gasteiger partial charge >= 0.3 is 12.0 Å². The maximum atomic E-state index is 11.9. The molecule has 11 nitrogen and oxygen atoms in total. The highest BCUT2D eigenvalue weighted by Gasteiger charge is 2.16. The topological polar surface area (TPSA) is 150 Å². The molecule has 0 aliphatic carbocycles. The van der Waals surface area contributed by atoms with E-state index >= 15 is 0 Å². The van der Waals surface area contributed by atoms with Crippen LogP contribution in [0, 0.1) is 0 Å². The van der Waals surface area contributed by atoms with Crippen LogP contribution in [-0.2, 0) is 20.7 Å². The lowest BCUT2D eigenvalue weighted by Crippen LogP contribution is -2.47. The molecule has 1 aromatic rings. The number of esters is 1. The summed E-state index contributed by atoms with van der Waals surface area (Å²) in [4.78, 5) is 25.3. The summed E-state index contributed by atoms with van der Waals surface area (Å²) in [6.07, 6.45) is -1.01. The van der Waals surface area contributed by atoms with Crippen molar-refractivity contribution in [2.24, 2.45) is 0 Å². The Bertz CT molecular complexity index is 693. The predicted octanol–water partition coefficient (Wildman–Crippen LogP) is -1.11. The van der Waals surface area contributed by atoms with Crippen LogP contribution < -0.4 is 15.4 Å². The van der Waals surface area contributed by atoms with Crippen LogP contribution in [0.25, 0.3) is 0 Å². The third-order valence-corrected chi connectivity index (χ3v) is 4.95. The zero-order valence-corrected chi connectivity index (χ0v) is 18.8. The first-order valence-corrected chi connectivity index (χ1v) is 11.1. The number of hydrogen-bond donors (Lipinski definition) is 5. The molecule has 1 aliphatic heterocycles. The van der Waals surface area contributed by atoms with E-state index in [1.165, 1.54) is 0 Å². The summed E-state index contributed by atoms with van der Waals surface area (Å²) < 4.78 is 15.7. The average Bonchev–Trinajstić information content (AvgIpc) is 2.85. The third kappa shape index (κ3) is 10.8. The van der Waals surface area contributed by atoms with Crippen molar-refractivity contribution in [2.45, 2.75) is 25.0 Å². The number of morpholine rings is 1. The van der Waals surface area contributed by atoms with Gasteiger partial charge in [0.25, 0.3) is 0 Å². The zero-order valence-electron chi connectivity index (χ0n) is 18.8. The molecule has 1 heterocycles. The Morgan fingerprint density at radius 1 is 1.09 bits per heavy atom. The summed E-state index contributed by atoms with van der Waals surface area (Å²) in [5.41, 5.74) is 0.908. The first-order valence-electron chi connectivity index (χ1n) is 11.1. The highest BCUT2D eigenvalue weighted by atomic mass is 16.6. The van der Waals surface area contributed by atoms with Crippen molar-refractivity contribution >= 4 is 12.0 Å². The largest absolute Gasteiger partial charge is 0.491 e. The number of hydrogen-bond acceptors (Lipinski definition) is 9. The summed E-state index contributed by atoms with van der Waals surface area (Å²) in [5, 5.41) is 33.8. The number of carbonyl (C=O) groups excluding carboxylic acids is 2. The fourth-order valence-electron chi connectivity index (χ4n) is 3.03. The Hall–Kier alpha value is -2.44. The third-order valence-electron chi connectivity index (χ3n) is 4.95. The summed E-state index contributed by atoms with van der Waals surface area (Å²) in [7, 11) is 0. The van der Waals surface area contributed by atoms with Gasteiger partial charge in [-0.3, -0.25) is 4.79 Å². The number of aliphatic hydroxyl groups is 3. The Labute approximate surface area is 193 Å². The number of ether oxygens (including phenoxy) is 3. The molecule has 1 atom stereocenters. The molecule has 1 saturated heterocycles. The molecule has 1 aliphatic rings. The maximum Gasteiger partial charge on any atom is 0.317 e. The van der Waals surface area contributed by atoms with Crippen LogP contribution in [0.4, 0.5) is 4.79 Å². The monoisotopic (exact) mass is 469 g/mol. The van der Waals surface area contributed by atoms with Gasteiger partial charge in [0.1, 0.15) is 24.6 Å². The maximum absolute atomic E-state index is 11.9. The number of rotatable bonds is 14. The normalized spacial score (nSPS) is 14.7. The molecule has 0 bridgehead atoms. The van der Waals surface area contributed by atoms with Crippen LogP contribution in [-0.4, -0.2) is 110 Å². The molecule has 11 heteroatoms. The van der Waals surface area contributed by atoms with E-state index in [0.717, 1.165) is 5.56 Å². The van der Waals surface area contributed by atoms with Crippen molar-refractivity contribution in [3.63, 3.8) is 0 Å². The molecule has 0 aromatic heterocycles. The van der Waals surface area contributed by atoms with Crippen molar-refractivity contribution in [1.29, 1.82) is 0 Å². The number of nitrogens with one attached hydrogen (secondary N) is 2. The van der Waals surface area contributed by atoms with Crippen molar-refractivity contribution in [1.82, 2.24) is 15.5 Å². The SMILES string of the molecule is O=C(CCc1ccc(OC[C@@H](O)CNCCNC(=O)N2CCOCC2)cc1)OC(CO)CO. The Morgan fingerprint density at radius 3 is 2.45 bits per heavy atom. The molecule has 5 N–H and O–H groups in total. The molecule has 0 saturated carbocycles. The van der Waals surface area contributed by atoms with E-state index in [1.54, 1.807) is 17.0 Å². The van der Waals surface area contributed by atoms with Gasteiger partial charge in [-0.05, 0) is 24.1 Å². The number of carbonyl (C=O) groups is 2. The first kappa shape index (κ1) is 26.8. The van der Waals surface area contributed by atoms with E-state index in [9.17, 15) is 14.7 Å². The quantitative estimate of drug-likeness (QED) is 0.169. The van der Waals surface area contributed by atoms with Gasteiger partial charge < -0.3 is 45.1 Å². The molecule has 1 aromatic carbocycles. The Kier molecular flexibility index (Phi) is 12.5. The molecule has 186 valence electrons. The number of amides is 2. The highest BCUT2D eigenvalue weighted by Crippen LogP contribution is 2.14. The fourth-order valence-corrected chi connectivity index (χ4v) is 3.03. The van der Waals surface area contributed by atoms with Crippen LogP contribution in [0.15, 0.2) is 24.3 Å². The summed E-state index contributed by atoms with van der Waals surface area (Å²) >= 11 is 0. The molecule has 1 fully saturated rings. The van der Waals surface area contributed by atoms with Crippen LogP contribution in [0.3, 0.4) is 0 Å². The van der Waals surface area contributed by atoms with Gasteiger partial charge in [-0.15, -0.1) is 0 Å². The second kappa shape index (κ2) is 15.4. The minimum absolute atomic E-state index is 0.108. The zero-order chi connectivity index (χ0) is 23.9. The lowest BCUT2D eigenvalue weighted by Gasteiger charge is -2.27. The molecule has 0 radical (unpaired) electrons. The number of benzene rings is 1. The molecule has 0 spiro atoms. The predicted molar refractivity (Wildman–Crippen MR) is 119 cm³/mol.